The van der Waals surface area contributed by atoms with Gasteiger partial charge in [-0.2, -0.15) is 0 Å². The number of nitrogens with one attached hydrogen (secondary N) is 2. The minimum absolute atomic E-state index is 0.262. The normalized spacial score (nSPS) is 13.4. The number of fused-ring (bicyclic) bond motifs is 1. The van der Waals surface area contributed by atoms with Crippen LogP contribution in [-0.2, 0) is 24.1 Å². The Labute approximate surface area is 163 Å². The zero-order valence-electron chi connectivity index (χ0n) is 14.8. The van der Waals surface area contributed by atoms with Crippen LogP contribution in [0.5, 0.6) is 0 Å². The van der Waals surface area contributed by atoms with Gasteiger partial charge in [0, 0.05) is 11.1 Å². The van der Waals surface area contributed by atoms with Crippen LogP contribution >= 0.6 is 23.6 Å². The number of esters is 1. The minimum atomic E-state index is -0.262. The van der Waals surface area contributed by atoms with Gasteiger partial charge < -0.3 is 15.4 Å². The molecule has 3 rings (SSSR count). The van der Waals surface area contributed by atoms with Crippen LogP contribution < -0.4 is 10.6 Å². The van der Waals surface area contributed by atoms with Gasteiger partial charge in [0.15, 0.2) is 5.11 Å². The molecule has 26 heavy (non-hydrogen) atoms. The minimum Gasteiger partial charge on any atom is -0.462 e. The molecule has 1 aliphatic rings. The number of aryl methyl sites for hydroxylation is 1. The number of thiophene rings is 1. The molecule has 0 amide bonds. The smallest absolute Gasteiger partial charge is 0.341 e. The van der Waals surface area contributed by atoms with E-state index in [-0.39, 0.29) is 5.97 Å². The number of nitrogens with zero attached hydrogens (tertiary/aromatic N) is 1. The van der Waals surface area contributed by atoms with Crippen LogP contribution in [0.15, 0.2) is 24.4 Å². The molecule has 0 fully saturated rings. The Bertz CT molecular complexity index is 775. The largest absolute Gasteiger partial charge is 0.462 e. The number of pyridine rings is 1. The second kappa shape index (κ2) is 9.09. The van der Waals surface area contributed by atoms with Crippen LogP contribution in [0.1, 0.15) is 52.7 Å². The third-order valence-electron chi connectivity index (χ3n) is 4.28. The first-order valence-electron chi connectivity index (χ1n) is 8.95. The maximum absolute atomic E-state index is 12.5. The fourth-order valence-electron chi connectivity index (χ4n) is 3.07. The molecule has 0 saturated carbocycles. The maximum Gasteiger partial charge on any atom is 0.341 e. The Morgan fingerprint density at radius 1 is 1.31 bits per heavy atom. The number of thiocarbonyl (C=S) groups is 1. The molecular formula is C19H23N3O2S2. The average Bonchev–Trinajstić information content (AvgIpc) is 2.82. The summed E-state index contributed by atoms with van der Waals surface area (Å²) in [5, 5.41) is 7.63. The van der Waals surface area contributed by atoms with Gasteiger partial charge in [0.1, 0.15) is 5.00 Å². The Balaban J connectivity index is 1.75. The molecule has 0 spiro atoms. The van der Waals surface area contributed by atoms with Crippen LogP contribution in [0, 0.1) is 0 Å². The van der Waals surface area contributed by atoms with E-state index < -0.39 is 0 Å². The number of ether oxygens (including phenoxy) is 1. The Kier molecular flexibility index (Phi) is 6.57. The van der Waals surface area contributed by atoms with E-state index in [1.54, 1.807) is 17.5 Å². The number of anilines is 1. The highest BCUT2D eigenvalue weighted by molar-refractivity contribution is 7.80. The van der Waals surface area contributed by atoms with Crippen molar-refractivity contribution in [3.63, 3.8) is 0 Å². The van der Waals surface area contributed by atoms with Crippen molar-refractivity contribution >= 4 is 39.6 Å². The molecule has 2 heterocycles. The fourth-order valence-corrected chi connectivity index (χ4v) is 4.59. The predicted octanol–water partition coefficient (Wildman–Crippen LogP) is 4.08. The summed E-state index contributed by atoms with van der Waals surface area (Å²) in [4.78, 5) is 18.1. The zero-order chi connectivity index (χ0) is 18.4. The van der Waals surface area contributed by atoms with E-state index in [0.29, 0.717) is 23.8 Å². The van der Waals surface area contributed by atoms with E-state index >= 15 is 0 Å². The van der Waals surface area contributed by atoms with Gasteiger partial charge in [-0.05, 0) is 62.5 Å². The lowest BCUT2D eigenvalue weighted by Gasteiger charge is -2.11. The molecular weight excluding hydrogens is 366 g/mol. The van der Waals surface area contributed by atoms with Gasteiger partial charge in [0.2, 0.25) is 0 Å². The lowest BCUT2D eigenvalue weighted by molar-refractivity contribution is 0.0527. The highest BCUT2D eigenvalue weighted by Gasteiger charge is 2.26. The summed E-state index contributed by atoms with van der Waals surface area (Å²) in [5.41, 5.74) is 2.71. The Morgan fingerprint density at radius 2 is 2.15 bits per heavy atom. The molecule has 138 valence electrons. The third kappa shape index (κ3) is 4.59. The molecule has 2 N–H and O–H groups in total. The third-order valence-corrected chi connectivity index (χ3v) is 5.74. The summed E-state index contributed by atoms with van der Waals surface area (Å²) in [6.07, 6.45) is 7.17. The maximum atomic E-state index is 12.5. The SMILES string of the molecule is CCOC(=O)c1c(NC(=S)NCc2ccccn2)sc2c1CCCCC2. The van der Waals surface area contributed by atoms with Crippen molar-refractivity contribution in [2.75, 3.05) is 11.9 Å². The molecule has 5 nitrogen and oxygen atoms in total. The Hall–Kier alpha value is -1.99. The van der Waals surface area contributed by atoms with Gasteiger partial charge in [-0.3, -0.25) is 4.98 Å². The van der Waals surface area contributed by atoms with Gasteiger partial charge in [0.05, 0.1) is 24.4 Å². The van der Waals surface area contributed by atoms with Gasteiger partial charge >= 0.3 is 5.97 Å². The highest BCUT2D eigenvalue weighted by Crippen LogP contribution is 2.38. The molecule has 0 aliphatic heterocycles. The summed E-state index contributed by atoms with van der Waals surface area (Å²) in [6.45, 7) is 2.73. The lowest BCUT2D eigenvalue weighted by atomic mass is 10.1. The highest BCUT2D eigenvalue weighted by atomic mass is 32.1. The fraction of sp³-hybridized carbons (Fsp3) is 0.421. The molecule has 2 aromatic rings. The van der Waals surface area contributed by atoms with Crippen molar-refractivity contribution < 1.29 is 9.53 Å². The molecule has 0 aromatic carbocycles. The molecule has 0 saturated heterocycles. The zero-order valence-corrected chi connectivity index (χ0v) is 16.5. The van der Waals surface area contributed by atoms with Crippen molar-refractivity contribution in [3.8, 4) is 0 Å². The predicted molar refractivity (Wildman–Crippen MR) is 109 cm³/mol. The van der Waals surface area contributed by atoms with Crippen molar-refractivity contribution in [2.24, 2.45) is 0 Å². The lowest BCUT2D eigenvalue weighted by Crippen LogP contribution is -2.28. The number of hydrogen-bond donors (Lipinski definition) is 2. The van der Waals surface area contributed by atoms with E-state index in [4.69, 9.17) is 17.0 Å². The summed E-state index contributed by atoms with van der Waals surface area (Å²) in [7, 11) is 0. The van der Waals surface area contributed by atoms with E-state index in [1.165, 1.54) is 11.3 Å². The van der Waals surface area contributed by atoms with Crippen molar-refractivity contribution in [3.05, 3.63) is 46.1 Å². The van der Waals surface area contributed by atoms with E-state index in [0.717, 1.165) is 41.9 Å². The van der Waals surface area contributed by atoms with Crippen LogP contribution in [-0.4, -0.2) is 22.7 Å². The second-order valence-electron chi connectivity index (χ2n) is 6.12. The number of carbonyl (C=O) groups excluding carboxylic acids is 1. The first-order chi connectivity index (χ1) is 12.7. The quantitative estimate of drug-likeness (QED) is 0.456. The monoisotopic (exact) mass is 389 g/mol. The first kappa shape index (κ1) is 18.8. The summed E-state index contributed by atoms with van der Waals surface area (Å²) >= 11 is 7.04. The van der Waals surface area contributed by atoms with Crippen molar-refractivity contribution in [1.29, 1.82) is 0 Å². The molecule has 0 bridgehead atoms. The van der Waals surface area contributed by atoms with Gasteiger partial charge in [-0.1, -0.05) is 12.5 Å². The number of aromatic nitrogens is 1. The second-order valence-corrected chi connectivity index (χ2v) is 7.63. The number of carbonyl (C=O) groups is 1. The van der Waals surface area contributed by atoms with E-state index in [9.17, 15) is 4.79 Å². The summed E-state index contributed by atoms with van der Waals surface area (Å²) < 4.78 is 5.30. The molecule has 0 atom stereocenters. The van der Waals surface area contributed by atoms with E-state index in [1.807, 2.05) is 25.1 Å². The summed E-state index contributed by atoms with van der Waals surface area (Å²) in [6, 6.07) is 5.76. The van der Waals surface area contributed by atoms with Crippen LogP contribution in [0.4, 0.5) is 5.00 Å². The van der Waals surface area contributed by atoms with Crippen LogP contribution in [0.25, 0.3) is 0 Å². The van der Waals surface area contributed by atoms with Gasteiger partial charge in [-0.15, -0.1) is 11.3 Å². The summed E-state index contributed by atoms with van der Waals surface area (Å²) in [5.74, 6) is -0.262. The molecule has 7 heteroatoms. The van der Waals surface area contributed by atoms with Gasteiger partial charge in [-0.25, -0.2) is 4.79 Å². The standard InChI is InChI=1S/C19H23N3O2S2/c1-2-24-18(23)16-14-9-4-3-5-10-15(14)26-17(16)22-19(25)21-12-13-8-6-7-11-20-13/h6-8,11H,2-5,9-10,12H2,1H3,(H2,21,22,25). The molecule has 0 radical (unpaired) electrons. The molecule has 2 aromatic heterocycles. The molecule has 1 aliphatic carbocycles. The van der Waals surface area contributed by atoms with E-state index in [2.05, 4.69) is 15.6 Å². The van der Waals surface area contributed by atoms with Crippen molar-refractivity contribution in [2.45, 2.75) is 45.6 Å². The van der Waals surface area contributed by atoms with Crippen LogP contribution in [0.2, 0.25) is 0 Å². The molecule has 0 unspecified atom stereocenters. The first-order valence-corrected chi connectivity index (χ1v) is 10.2. The van der Waals surface area contributed by atoms with Crippen molar-refractivity contribution in [1.82, 2.24) is 10.3 Å². The van der Waals surface area contributed by atoms with Crippen LogP contribution in [0.3, 0.4) is 0 Å². The Morgan fingerprint density at radius 3 is 2.92 bits per heavy atom. The number of hydrogen-bond acceptors (Lipinski definition) is 5. The average molecular weight is 390 g/mol. The van der Waals surface area contributed by atoms with Gasteiger partial charge in [0.25, 0.3) is 0 Å². The topological polar surface area (TPSA) is 63.2 Å². The number of rotatable bonds is 5.